The third kappa shape index (κ3) is 5.46. The van der Waals surface area contributed by atoms with Crippen LogP contribution in [-0.4, -0.2) is 31.1 Å². The predicted octanol–water partition coefficient (Wildman–Crippen LogP) is 4.90. The zero-order chi connectivity index (χ0) is 15.9. The lowest BCUT2D eigenvalue weighted by atomic mass is 9.96. The summed E-state index contributed by atoms with van der Waals surface area (Å²) in [5.74, 6) is -0.139. The van der Waals surface area contributed by atoms with E-state index in [0.29, 0.717) is 16.1 Å². The van der Waals surface area contributed by atoms with Gasteiger partial charge in [0, 0.05) is 42.8 Å². The van der Waals surface area contributed by atoms with Gasteiger partial charge >= 0.3 is 0 Å². The number of rotatable bonds is 7. The molecule has 130 valence electrons. The zero-order valence-corrected chi connectivity index (χ0v) is 15.4. The fraction of sp³-hybridized carbons (Fsp3) is 0.556. The second-order valence-corrected chi connectivity index (χ2v) is 6.37. The Morgan fingerprint density at radius 1 is 1.35 bits per heavy atom. The molecular weight excluding hydrogens is 334 g/mol. The minimum Gasteiger partial charge on any atom is -0.314 e. The highest BCUT2D eigenvalue weighted by molar-refractivity contribution is 6.31. The van der Waals surface area contributed by atoms with E-state index in [2.05, 4.69) is 16.8 Å². The smallest absolute Gasteiger partial charge is 0.132 e. The van der Waals surface area contributed by atoms with E-state index in [-0.39, 0.29) is 24.3 Å². The molecule has 0 radical (unpaired) electrons. The molecule has 1 aromatic carbocycles. The van der Waals surface area contributed by atoms with Crippen LogP contribution in [0.1, 0.15) is 42.9 Å². The summed E-state index contributed by atoms with van der Waals surface area (Å²) in [7, 11) is 0. The maximum atomic E-state index is 14.7. The van der Waals surface area contributed by atoms with E-state index < -0.39 is 0 Å². The molecular formula is C18H27Cl2FN2. The summed E-state index contributed by atoms with van der Waals surface area (Å²) in [6.07, 6.45) is 6.05. The van der Waals surface area contributed by atoms with Gasteiger partial charge in [-0.15, -0.1) is 19.0 Å². The van der Waals surface area contributed by atoms with E-state index in [1.54, 1.807) is 6.07 Å². The molecule has 1 aliphatic heterocycles. The van der Waals surface area contributed by atoms with Gasteiger partial charge in [-0.25, -0.2) is 4.39 Å². The van der Waals surface area contributed by atoms with Crippen LogP contribution < -0.4 is 5.32 Å². The molecule has 0 spiro atoms. The van der Waals surface area contributed by atoms with Crippen LogP contribution in [0.2, 0.25) is 5.02 Å². The minimum atomic E-state index is -0.139. The molecule has 1 heterocycles. The first-order chi connectivity index (χ1) is 10.6. The van der Waals surface area contributed by atoms with Crippen molar-refractivity contribution in [3.05, 3.63) is 46.8 Å². The van der Waals surface area contributed by atoms with Crippen molar-refractivity contribution in [3.8, 4) is 0 Å². The first kappa shape index (κ1) is 20.4. The summed E-state index contributed by atoms with van der Waals surface area (Å²) in [5.41, 5.74) is 1.35. The van der Waals surface area contributed by atoms with Gasteiger partial charge in [0.15, 0.2) is 0 Å². The summed E-state index contributed by atoms with van der Waals surface area (Å²) in [4.78, 5) is 2.37. The van der Waals surface area contributed by atoms with Crippen molar-refractivity contribution in [2.75, 3.05) is 26.2 Å². The van der Waals surface area contributed by atoms with Crippen LogP contribution in [0.3, 0.4) is 0 Å². The van der Waals surface area contributed by atoms with Gasteiger partial charge in [0.2, 0.25) is 0 Å². The fourth-order valence-corrected chi connectivity index (χ4v) is 3.39. The van der Waals surface area contributed by atoms with E-state index >= 15 is 0 Å². The van der Waals surface area contributed by atoms with Crippen molar-refractivity contribution in [2.24, 2.45) is 0 Å². The number of benzene rings is 1. The van der Waals surface area contributed by atoms with Crippen LogP contribution in [0.15, 0.2) is 24.8 Å². The van der Waals surface area contributed by atoms with Gasteiger partial charge in [0.1, 0.15) is 5.82 Å². The monoisotopic (exact) mass is 360 g/mol. The van der Waals surface area contributed by atoms with Gasteiger partial charge in [0.25, 0.3) is 0 Å². The highest BCUT2D eigenvalue weighted by Gasteiger charge is 2.27. The Labute approximate surface area is 150 Å². The number of nitrogens with one attached hydrogen (secondary N) is 1. The van der Waals surface area contributed by atoms with Crippen molar-refractivity contribution >= 4 is 24.0 Å². The molecule has 0 bridgehead atoms. The molecule has 1 N–H and O–H groups in total. The number of aryl methyl sites for hydroxylation is 1. The summed E-state index contributed by atoms with van der Waals surface area (Å²) in [6.45, 7) is 9.36. The van der Waals surface area contributed by atoms with Crippen LogP contribution in [-0.2, 0) is 0 Å². The lowest BCUT2D eigenvalue weighted by Gasteiger charge is -2.36. The molecule has 0 aliphatic carbocycles. The third-order valence-corrected chi connectivity index (χ3v) is 4.71. The van der Waals surface area contributed by atoms with E-state index in [9.17, 15) is 4.39 Å². The highest BCUT2D eigenvalue weighted by Crippen LogP contribution is 2.35. The van der Waals surface area contributed by atoms with Crippen molar-refractivity contribution in [1.82, 2.24) is 10.2 Å². The number of piperazine rings is 1. The average molecular weight is 361 g/mol. The summed E-state index contributed by atoms with van der Waals surface area (Å²) in [5, 5.41) is 3.91. The van der Waals surface area contributed by atoms with Gasteiger partial charge in [-0.1, -0.05) is 30.2 Å². The lowest BCUT2D eigenvalue weighted by molar-refractivity contribution is 0.159. The quantitative estimate of drug-likeness (QED) is 0.549. The molecule has 1 aliphatic rings. The Morgan fingerprint density at radius 2 is 2.04 bits per heavy atom. The molecule has 2 rings (SSSR count). The highest BCUT2D eigenvalue weighted by atomic mass is 35.5. The number of nitrogens with zero attached hydrogens (tertiary/aromatic N) is 1. The first-order valence-corrected chi connectivity index (χ1v) is 8.53. The molecule has 1 saturated heterocycles. The van der Waals surface area contributed by atoms with Crippen LogP contribution >= 0.6 is 24.0 Å². The second-order valence-electron chi connectivity index (χ2n) is 5.97. The molecule has 23 heavy (non-hydrogen) atoms. The standard InChI is InChI=1S/C18H26ClFN2.ClH/c1-3-4-5-6-7-16(22-12-10-21-11-13-22)17-15(19)9-8-14(2)18(17)20;/h3,8-9,16,21H,1,4-7,10-13H2,2H3;1H/t16-;/m1./s1. The lowest BCUT2D eigenvalue weighted by Crippen LogP contribution is -2.45. The van der Waals surface area contributed by atoms with Gasteiger partial charge in [0.05, 0.1) is 0 Å². The minimum absolute atomic E-state index is 0. The zero-order valence-electron chi connectivity index (χ0n) is 13.8. The maximum absolute atomic E-state index is 14.7. The van der Waals surface area contributed by atoms with Gasteiger partial charge in [-0.05, 0) is 37.8 Å². The second kappa shape index (κ2) is 10.3. The van der Waals surface area contributed by atoms with Crippen molar-refractivity contribution in [1.29, 1.82) is 0 Å². The molecule has 1 atom stereocenters. The molecule has 0 unspecified atom stereocenters. The number of hydrogen-bond acceptors (Lipinski definition) is 2. The number of hydrogen-bond donors (Lipinski definition) is 1. The van der Waals surface area contributed by atoms with E-state index in [1.807, 2.05) is 19.1 Å². The largest absolute Gasteiger partial charge is 0.314 e. The van der Waals surface area contributed by atoms with Crippen LogP contribution in [0, 0.1) is 12.7 Å². The number of allylic oxidation sites excluding steroid dienone is 1. The van der Waals surface area contributed by atoms with Crippen LogP contribution in [0.25, 0.3) is 0 Å². The first-order valence-electron chi connectivity index (χ1n) is 8.15. The van der Waals surface area contributed by atoms with Gasteiger partial charge < -0.3 is 5.32 Å². The molecule has 2 nitrogen and oxygen atoms in total. The normalized spacial score (nSPS) is 16.7. The summed E-state index contributed by atoms with van der Waals surface area (Å²) < 4.78 is 14.7. The van der Waals surface area contributed by atoms with Crippen LogP contribution in [0.5, 0.6) is 0 Å². The third-order valence-electron chi connectivity index (χ3n) is 4.38. The molecule has 0 saturated carbocycles. The average Bonchev–Trinajstić information content (AvgIpc) is 2.54. The van der Waals surface area contributed by atoms with E-state index in [0.717, 1.165) is 51.9 Å². The van der Waals surface area contributed by atoms with Crippen LogP contribution in [0.4, 0.5) is 4.39 Å². The number of halogens is 3. The predicted molar refractivity (Wildman–Crippen MR) is 99.2 cm³/mol. The fourth-order valence-electron chi connectivity index (χ4n) is 3.11. The Balaban J connectivity index is 0.00000264. The van der Waals surface area contributed by atoms with Gasteiger partial charge in [-0.2, -0.15) is 0 Å². The Morgan fingerprint density at radius 3 is 2.70 bits per heavy atom. The van der Waals surface area contributed by atoms with E-state index in [1.165, 1.54) is 0 Å². The maximum Gasteiger partial charge on any atom is 0.132 e. The SMILES string of the molecule is C=CCCCC[C@H](c1c(Cl)ccc(C)c1F)N1CCNCC1.Cl. The number of unbranched alkanes of at least 4 members (excludes halogenated alkanes) is 2. The summed E-state index contributed by atoms with van der Waals surface area (Å²) >= 11 is 6.36. The van der Waals surface area contributed by atoms with Crippen molar-refractivity contribution < 1.29 is 4.39 Å². The molecule has 5 heteroatoms. The molecule has 0 amide bonds. The Bertz CT molecular complexity index is 502. The van der Waals surface area contributed by atoms with Crippen molar-refractivity contribution in [3.63, 3.8) is 0 Å². The Kier molecular flexibility index (Phi) is 9.15. The molecule has 1 fully saturated rings. The Hall–Kier alpha value is -0.610. The van der Waals surface area contributed by atoms with E-state index in [4.69, 9.17) is 11.6 Å². The topological polar surface area (TPSA) is 15.3 Å². The summed E-state index contributed by atoms with van der Waals surface area (Å²) in [6, 6.07) is 3.65. The molecule has 0 aromatic heterocycles. The van der Waals surface area contributed by atoms with Gasteiger partial charge in [-0.3, -0.25) is 4.90 Å². The van der Waals surface area contributed by atoms with Crippen molar-refractivity contribution in [2.45, 2.75) is 38.6 Å². The molecule has 1 aromatic rings.